The Kier molecular flexibility index (Phi) is 25.3. The third kappa shape index (κ3) is 18.1. The van der Waals surface area contributed by atoms with Gasteiger partial charge in [0.15, 0.2) is 34.9 Å². The Morgan fingerprint density at radius 1 is 0.333 bits per heavy atom. The monoisotopic (exact) mass is 1600 g/mol. The van der Waals surface area contributed by atoms with E-state index in [9.17, 15) is 13.2 Å². The van der Waals surface area contributed by atoms with Gasteiger partial charge < -0.3 is 44.4 Å². The number of pyridine rings is 3. The largest absolute Gasteiger partial charge is 0.326 e. The van der Waals surface area contributed by atoms with Crippen LogP contribution in [0.1, 0.15) is 212 Å². The second-order valence-corrected chi connectivity index (χ2v) is 33.8. The molecular formula is C90H111F6N21. The summed E-state index contributed by atoms with van der Waals surface area (Å²) in [5, 5.41) is 9.23. The molecule has 9 aromatic heterocycles. The van der Waals surface area contributed by atoms with Crippen molar-refractivity contribution in [3.05, 3.63) is 179 Å². The number of aryl methyl sites for hydroxylation is 3. The zero-order valence-corrected chi connectivity index (χ0v) is 70.8. The quantitative estimate of drug-likeness (QED) is 0.0570. The summed E-state index contributed by atoms with van der Waals surface area (Å²) < 4.78 is 95.4. The number of rotatable bonds is 21. The maximum absolute atomic E-state index is 15.0. The Bertz CT molecular complexity index is 4950. The fraction of sp³-hybridized carbons (Fsp3) is 0.467. The average Bonchev–Trinajstić information content (AvgIpc) is 1.64. The predicted octanol–water partition coefficient (Wildman–Crippen LogP) is 21.1. The second-order valence-electron chi connectivity index (χ2n) is 33.8. The van der Waals surface area contributed by atoms with E-state index in [1.165, 1.54) is 34.9 Å². The zero-order valence-electron chi connectivity index (χ0n) is 70.8. The van der Waals surface area contributed by atoms with Crippen LogP contribution in [-0.4, -0.2) is 147 Å². The fourth-order valence-electron chi connectivity index (χ4n) is 17.3. The molecule has 21 nitrogen and oxygen atoms in total. The van der Waals surface area contributed by atoms with Gasteiger partial charge in [0, 0.05) is 53.4 Å². The Balaban J connectivity index is 0.000000152. The van der Waals surface area contributed by atoms with Crippen LogP contribution in [-0.2, 0) is 0 Å². The van der Waals surface area contributed by atoms with Crippen molar-refractivity contribution in [1.29, 1.82) is 0 Å². The minimum absolute atomic E-state index is 0.0130. The molecule has 12 heterocycles. The summed E-state index contributed by atoms with van der Waals surface area (Å²) in [7, 11) is 0. The van der Waals surface area contributed by atoms with Crippen molar-refractivity contribution in [2.75, 3.05) is 74.9 Å². The molecule has 117 heavy (non-hydrogen) atoms. The molecule has 3 aliphatic rings. The van der Waals surface area contributed by atoms with E-state index < -0.39 is 34.9 Å². The first-order valence-corrected chi connectivity index (χ1v) is 41.3. The molecule has 15 rings (SSSR count). The van der Waals surface area contributed by atoms with Crippen LogP contribution in [0, 0.1) is 71.9 Å². The van der Waals surface area contributed by atoms with Crippen LogP contribution in [0.15, 0.2) is 110 Å². The van der Waals surface area contributed by atoms with E-state index in [1.54, 1.807) is 18.2 Å². The van der Waals surface area contributed by atoms with Crippen LogP contribution in [0.25, 0.3) is 66.9 Å². The molecule has 3 aliphatic heterocycles. The van der Waals surface area contributed by atoms with E-state index in [0.29, 0.717) is 85.9 Å². The Morgan fingerprint density at radius 2 is 0.581 bits per heavy atom. The summed E-state index contributed by atoms with van der Waals surface area (Å²) in [6, 6.07) is 21.2. The molecular weight excluding hydrogens is 1490 g/mol. The molecule has 27 heteroatoms. The fourth-order valence-corrected chi connectivity index (χ4v) is 17.3. The number of aromatic nitrogens is 15. The summed E-state index contributed by atoms with van der Waals surface area (Å²) >= 11 is 0. The van der Waals surface area contributed by atoms with Gasteiger partial charge in [-0.3, -0.25) is 0 Å². The van der Waals surface area contributed by atoms with Crippen LogP contribution < -0.4 is 16.0 Å². The van der Waals surface area contributed by atoms with Crippen LogP contribution in [0.5, 0.6) is 0 Å². The lowest BCUT2D eigenvalue weighted by Crippen LogP contribution is -2.40. The van der Waals surface area contributed by atoms with Gasteiger partial charge in [-0.15, -0.1) is 0 Å². The number of hydrogen-bond donors (Lipinski definition) is 3. The van der Waals surface area contributed by atoms with Gasteiger partial charge in [0.25, 0.3) is 0 Å². The third-order valence-electron chi connectivity index (χ3n) is 25.4. The van der Waals surface area contributed by atoms with E-state index in [0.717, 1.165) is 116 Å². The van der Waals surface area contributed by atoms with Gasteiger partial charge in [-0.1, -0.05) is 80.5 Å². The maximum atomic E-state index is 15.0. The van der Waals surface area contributed by atoms with Crippen molar-refractivity contribution in [1.82, 2.24) is 88.2 Å². The summed E-state index contributed by atoms with van der Waals surface area (Å²) in [6.45, 7) is 48.2. The van der Waals surface area contributed by atoms with E-state index in [4.69, 9.17) is 0 Å². The van der Waals surface area contributed by atoms with Gasteiger partial charge in [-0.05, 0) is 265 Å². The SMILES string of the molecule is CCN1CCC(C)(C(C)c2ccc(Nc3ncc(F)c(-c4cc(F)c5nc(C)n(C(C)C)c5c4)n3)nc2)CC1.CCN1CCC(C)([C@@H](C)c2ccc(Nc3ncc(F)c(-c4cc(F)c5nc(C)n(C(C)C)c5c4)n3)nc2)CC1.CCN1CCC(C)([C@H](C)c2ccc(Nc3ncc(F)c(-c4cc(F)c5nc(C)n(C(C)C)c5c4)n3)nc2)CC1. The molecule has 3 saturated heterocycles. The number of hydrogen-bond acceptors (Lipinski definition) is 18. The highest BCUT2D eigenvalue weighted by Gasteiger charge is 2.39. The molecule has 0 radical (unpaired) electrons. The molecule has 3 atom stereocenters. The van der Waals surface area contributed by atoms with Crippen LogP contribution in [0.2, 0.25) is 0 Å². The molecule has 618 valence electrons. The molecule has 3 aromatic carbocycles. The number of nitrogens with one attached hydrogen (secondary N) is 3. The smallest absolute Gasteiger partial charge is 0.229 e. The van der Waals surface area contributed by atoms with Gasteiger partial charge in [0.1, 0.15) is 68.6 Å². The first-order valence-electron chi connectivity index (χ1n) is 41.3. The molecule has 3 fully saturated rings. The molecule has 0 aliphatic carbocycles. The van der Waals surface area contributed by atoms with Gasteiger partial charge in [0.2, 0.25) is 17.8 Å². The molecule has 0 amide bonds. The standard InChI is InChI=1S/3C30H37F2N7/c3*1-7-38-12-10-30(6,11-13-38)19(4)21-8-9-26(33-16-21)36-29-34-17-24(32)27(37-29)22-14-23(31)28-25(15-22)39(18(2)3)20(5)35-28/h3*8-9,14-19H,7,10-13H2,1-6H3,(H,33,34,36,37)/t2*19-;/m10./s1. The highest BCUT2D eigenvalue weighted by atomic mass is 19.1. The Hall–Kier alpha value is -10.4. The third-order valence-corrected chi connectivity index (χ3v) is 25.4. The molecule has 3 N–H and O–H groups in total. The maximum Gasteiger partial charge on any atom is 0.229 e. The predicted molar refractivity (Wildman–Crippen MR) is 454 cm³/mol. The normalized spacial score (nSPS) is 16.6. The van der Waals surface area contributed by atoms with Crippen molar-refractivity contribution in [3.8, 4) is 33.8 Å². The molecule has 0 spiro atoms. The lowest BCUT2D eigenvalue weighted by molar-refractivity contribution is 0.102. The minimum atomic E-state index is -0.633. The second kappa shape index (κ2) is 35.0. The molecule has 0 bridgehead atoms. The number of benzene rings is 3. The number of piperidine rings is 3. The van der Waals surface area contributed by atoms with Gasteiger partial charge >= 0.3 is 0 Å². The Labute approximate surface area is 682 Å². The number of likely N-dealkylation sites (tertiary alicyclic amines) is 3. The molecule has 0 saturated carbocycles. The van der Waals surface area contributed by atoms with Crippen molar-refractivity contribution in [3.63, 3.8) is 0 Å². The van der Waals surface area contributed by atoms with Gasteiger partial charge in [0.05, 0.1) is 35.1 Å². The van der Waals surface area contributed by atoms with Crippen LogP contribution in [0.4, 0.5) is 61.6 Å². The zero-order chi connectivity index (χ0) is 83.7. The van der Waals surface area contributed by atoms with Crippen molar-refractivity contribution < 1.29 is 26.3 Å². The van der Waals surface area contributed by atoms with E-state index in [2.05, 4.69) is 171 Å². The first kappa shape index (κ1) is 84.5. The summed E-state index contributed by atoms with van der Waals surface area (Å²) in [5.74, 6) is 2.02. The molecule has 12 aromatic rings. The van der Waals surface area contributed by atoms with Gasteiger partial charge in [-0.25, -0.2) is 86.2 Å². The van der Waals surface area contributed by atoms with E-state index >= 15 is 13.2 Å². The lowest BCUT2D eigenvalue weighted by Gasteiger charge is -2.43. The van der Waals surface area contributed by atoms with Crippen molar-refractivity contribution in [2.24, 2.45) is 16.2 Å². The first-order chi connectivity index (χ1) is 55.8. The van der Waals surface area contributed by atoms with E-state index in [1.807, 2.05) is 113 Å². The number of anilines is 6. The number of nitrogens with zero attached hydrogens (tertiary/aromatic N) is 18. The average molecular weight is 1600 g/mol. The summed E-state index contributed by atoms with van der Waals surface area (Å²) in [5.41, 5.74) is 7.88. The topological polar surface area (TPSA) is 215 Å². The Morgan fingerprint density at radius 3 is 0.795 bits per heavy atom. The van der Waals surface area contributed by atoms with E-state index in [-0.39, 0.29) is 85.8 Å². The summed E-state index contributed by atoms with van der Waals surface area (Å²) in [4.78, 5) is 59.9. The van der Waals surface area contributed by atoms with Crippen LogP contribution in [0.3, 0.4) is 0 Å². The summed E-state index contributed by atoms with van der Waals surface area (Å²) in [6.07, 6.45) is 16.0. The highest BCUT2D eigenvalue weighted by molar-refractivity contribution is 5.85. The number of fused-ring (bicyclic) bond motifs is 3. The minimum Gasteiger partial charge on any atom is -0.326 e. The highest BCUT2D eigenvalue weighted by Crippen LogP contribution is 2.47. The number of halogens is 6. The lowest BCUT2D eigenvalue weighted by atomic mass is 9.69. The van der Waals surface area contributed by atoms with Crippen molar-refractivity contribution >= 4 is 68.4 Å². The van der Waals surface area contributed by atoms with Gasteiger partial charge in [-0.2, -0.15) is 0 Å². The van der Waals surface area contributed by atoms with Crippen molar-refractivity contribution in [2.45, 2.75) is 199 Å². The number of imidazole rings is 3. The van der Waals surface area contributed by atoms with Crippen LogP contribution >= 0.6 is 0 Å². The molecule has 1 unspecified atom stereocenters.